The fraction of sp³-hybridized carbons (Fsp3) is 0.727. The van der Waals surface area contributed by atoms with E-state index in [9.17, 15) is 4.79 Å². The summed E-state index contributed by atoms with van der Waals surface area (Å²) in [4.78, 5) is 16.8. The molecule has 1 aliphatic heterocycles. The number of hydrogen-bond donors (Lipinski definition) is 0. The second-order valence-corrected chi connectivity index (χ2v) is 5.52. The van der Waals surface area contributed by atoms with E-state index in [0.29, 0.717) is 10.8 Å². The van der Waals surface area contributed by atoms with Gasteiger partial charge in [0.2, 0.25) is 0 Å². The highest BCUT2D eigenvalue weighted by Crippen LogP contribution is 2.17. The van der Waals surface area contributed by atoms with Crippen LogP contribution < -0.4 is 0 Å². The van der Waals surface area contributed by atoms with Crippen molar-refractivity contribution in [3.8, 4) is 0 Å². The molecular weight excluding hydrogens is 236 g/mol. The van der Waals surface area contributed by atoms with Gasteiger partial charge in [-0.2, -0.15) is 0 Å². The molecule has 0 aromatic carbocycles. The molecule has 1 aliphatic rings. The summed E-state index contributed by atoms with van der Waals surface area (Å²) < 4.78 is 3.72. The van der Waals surface area contributed by atoms with Gasteiger partial charge in [-0.25, -0.2) is 0 Å². The Morgan fingerprint density at radius 1 is 1.71 bits per heavy atom. The van der Waals surface area contributed by atoms with Crippen molar-refractivity contribution in [3.63, 3.8) is 0 Å². The molecule has 0 bridgehead atoms. The van der Waals surface area contributed by atoms with Crippen LogP contribution in [0.2, 0.25) is 0 Å². The van der Waals surface area contributed by atoms with Crippen LogP contribution in [0.25, 0.3) is 0 Å². The summed E-state index contributed by atoms with van der Waals surface area (Å²) >= 11 is 1.16. The van der Waals surface area contributed by atoms with Crippen molar-refractivity contribution >= 4 is 17.4 Å². The molecule has 1 aromatic heterocycles. The van der Waals surface area contributed by atoms with E-state index in [1.807, 2.05) is 7.05 Å². The minimum atomic E-state index is 0.0354. The van der Waals surface area contributed by atoms with Crippen LogP contribution in [-0.4, -0.2) is 59.0 Å². The Labute approximate surface area is 106 Å². The summed E-state index contributed by atoms with van der Waals surface area (Å²) in [5.74, 6) is 0.622. The zero-order valence-electron chi connectivity index (χ0n) is 10.3. The molecule has 0 aliphatic carbocycles. The molecule has 0 N–H and O–H groups in total. The number of piperidine rings is 1. The van der Waals surface area contributed by atoms with Gasteiger partial charge in [-0.1, -0.05) is 4.49 Å². The molecule has 5 nitrogen and oxygen atoms in total. The Kier molecular flexibility index (Phi) is 4.06. The van der Waals surface area contributed by atoms with Gasteiger partial charge in [0.1, 0.15) is 4.88 Å². The van der Waals surface area contributed by atoms with Crippen LogP contribution >= 0.6 is 11.5 Å². The molecule has 1 atom stereocenters. The minimum absolute atomic E-state index is 0.0354. The third-order valence-corrected chi connectivity index (χ3v) is 3.83. The highest BCUT2D eigenvalue weighted by Gasteiger charge is 2.22. The van der Waals surface area contributed by atoms with Crippen molar-refractivity contribution in [1.29, 1.82) is 0 Å². The van der Waals surface area contributed by atoms with Gasteiger partial charge < -0.3 is 9.80 Å². The predicted octanol–water partition coefficient (Wildman–Crippen LogP) is 0.952. The summed E-state index contributed by atoms with van der Waals surface area (Å²) in [6, 6.07) is 0. The molecule has 0 spiro atoms. The molecule has 6 heteroatoms. The fourth-order valence-corrected chi connectivity index (χ4v) is 2.85. The van der Waals surface area contributed by atoms with Gasteiger partial charge in [0.25, 0.3) is 5.91 Å². The first-order valence-corrected chi connectivity index (χ1v) is 6.65. The highest BCUT2D eigenvalue weighted by atomic mass is 32.1. The molecule has 0 saturated carbocycles. The predicted molar refractivity (Wildman–Crippen MR) is 67.1 cm³/mol. The Balaban J connectivity index is 1.88. The van der Waals surface area contributed by atoms with Crippen LogP contribution in [0.15, 0.2) is 6.20 Å². The highest BCUT2D eigenvalue weighted by molar-refractivity contribution is 7.07. The lowest BCUT2D eigenvalue weighted by Crippen LogP contribution is -2.39. The lowest BCUT2D eigenvalue weighted by molar-refractivity contribution is 0.0745. The molecule has 2 heterocycles. The van der Waals surface area contributed by atoms with E-state index in [4.69, 9.17) is 0 Å². The number of carbonyl (C=O) groups excluding carboxylic acids is 1. The molecule has 1 unspecified atom stereocenters. The average Bonchev–Trinajstić information content (AvgIpc) is 2.81. The van der Waals surface area contributed by atoms with Crippen LogP contribution in [0.1, 0.15) is 22.5 Å². The van der Waals surface area contributed by atoms with Crippen LogP contribution in [0.4, 0.5) is 0 Å². The SMILES string of the molecule is CN1CCCC(CN(C)C(=O)c2cnns2)C1. The summed E-state index contributed by atoms with van der Waals surface area (Å²) in [5, 5.41) is 3.70. The van der Waals surface area contributed by atoms with Gasteiger partial charge in [0.05, 0.1) is 6.20 Å². The number of nitrogens with zero attached hydrogens (tertiary/aromatic N) is 4. The van der Waals surface area contributed by atoms with Crippen LogP contribution in [0.5, 0.6) is 0 Å². The standard InChI is InChI=1S/C11H18N4OS/c1-14-5-3-4-9(7-14)8-15(2)11(16)10-6-12-13-17-10/h6,9H,3-5,7-8H2,1-2H3. The van der Waals surface area contributed by atoms with Gasteiger partial charge in [-0.05, 0) is 43.9 Å². The zero-order chi connectivity index (χ0) is 12.3. The number of carbonyl (C=O) groups is 1. The van der Waals surface area contributed by atoms with Crippen molar-refractivity contribution in [2.75, 3.05) is 33.7 Å². The summed E-state index contributed by atoms with van der Waals surface area (Å²) in [5.41, 5.74) is 0. The number of aromatic nitrogens is 2. The van der Waals surface area contributed by atoms with Gasteiger partial charge in [-0.15, -0.1) is 5.10 Å². The molecule has 1 amide bonds. The van der Waals surface area contributed by atoms with Crippen molar-refractivity contribution < 1.29 is 4.79 Å². The molecule has 17 heavy (non-hydrogen) atoms. The fourth-order valence-electron chi connectivity index (χ4n) is 2.34. The number of amides is 1. The monoisotopic (exact) mass is 254 g/mol. The lowest BCUT2D eigenvalue weighted by atomic mass is 9.98. The van der Waals surface area contributed by atoms with Crippen molar-refractivity contribution in [2.24, 2.45) is 5.92 Å². The van der Waals surface area contributed by atoms with Crippen molar-refractivity contribution in [3.05, 3.63) is 11.1 Å². The smallest absolute Gasteiger partial charge is 0.266 e. The average molecular weight is 254 g/mol. The first-order valence-electron chi connectivity index (χ1n) is 5.88. The Hall–Kier alpha value is -1.01. The van der Waals surface area contributed by atoms with Crippen molar-refractivity contribution in [1.82, 2.24) is 19.4 Å². The number of hydrogen-bond acceptors (Lipinski definition) is 5. The largest absolute Gasteiger partial charge is 0.341 e. The van der Waals surface area contributed by atoms with Gasteiger partial charge in [0.15, 0.2) is 0 Å². The zero-order valence-corrected chi connectivity index (χ0v) is 11.1. The van der Waals surface area contributed by atoms with Gasteiger partial charge in [-0.3, -0.25) is 4.79 Å². The molecule has 0 radical (unpaired) electrons. The number of likely N-dealkylation sites (tertiary alicyclic amines) is 1. The molecular formula is C11H18N4OS. The summed E-state index contributed by atoms with van der Waals surface area (Å²) in [6.45, 7) is 3.08. The van der Waals surface area contributed by atoms with Gasteiger partial charge >= 0.3 is 0 Å². The molecule has 1 fully saturated rings. The van der Waals surface area contributed by atoms with E-state index in [2.05, 4.69) is 21.5 Å². The van der Waals surface area contributed by atoms with E-state index >= 15 is 0 Å². The maximum atomic E-state index is 12.0. The topological polar surface area (TPSA) is 49.3 Å². The maximum Gasteiger partial charge on any atom is 0.266 e. The van der Waals surface area contributed by atoms with E-state index in [1.165, 1.54) is 25.6 Å². The Bertz CT molecular complexity index is 368. The molecule has 94 valence electrons. The summed E-state index contributed by atoms with van der Waals surface area (Å²) in [7, 11) is 4.00. The van der Waals surface area contributed by atoms with E-state index in [1.54, 1.807) is 4.90 Å². The van der Waals surface area contributed by atoms with Crippen LogP contribution in [0.3, 0.4) is 0 Å². The summed E-state index contributed by atoms with van der Waals surface area (Å²) in [6.07, 6.45) is 3.98. The minimum Gasteiger partial charge on any atom is -0.341 e. The third kappa shape index (κ3) is 3.23. The van der Waals surface area contributed by atoms with Crippen LogP contribution in [0, 0.1) is 5.92 Å². The lowest BCUT2D eigenvalue weighted by Gasteiger charge is -2.32. The van der Waals surface area contributed by atoms with Crippen LogP contribution in [-0.2, 0) is 0 Å². The van der Waals surface area contributed by atoms with E-state index in [-0.39, 0.29) is 5.91 Å². The normalized spacial score (nSPS) is 21.4. The molecule has 1 aromatic rings. The first kappa shape index (κ1) is 12.4. The van der Waals surface area contributed by atoms with E-state index < -0.39 is 0 Å². The number of rotatable bonds is 3. The quantitative estimate of drug-likeness (QED) is 0.806. The van der Waals surface area contributed by atoms with E-state index in [0.717, 1.165) is 24.6 Å². The van der Waals surface area contributed by atoms with Crippen molar-refractivity contribution in [2.45, 2.75) is 12.8 Å². The third-order valence-electron chi connectivity index (χ3n) is 3.17. The Morgan fingerprint density at radius 3 is 3.18 bits per heavy atom. The Morgan fingerprint density at radius 2 is 2.53 bits per heavy atom. The van der Waals surface area contributed by atoms with Gasteiger partial charge in [0, 0.05) is 20.1 Å². The first-order chi connectivity index (χ1) is 8.16. The molecule has 2 rings (SSSR count). The second kappa shape index (κ2) is 5.55. The molecule has 1 saturated heterocycles. The second-order valence-electron chi connectivity index (χ2n) is 4.74. The maximum absolute atomic E-state index is 12.0.